The van der Waals surface area contributed by atoms with E-state index in [0.29, 0.717) is 6.54 Å². The minimum Gasteiger partial charge on any atom is -0.377 e. The van der Waals surface area contributed by atoms with Crippen molar-refractivity contribution in [1.82, 2.24) is 0 Å². The molecule has 0 radical (unpaired) electrons. The summed E-state index contributed by atoms with van der Waals surface area (Å²) in [7, 11) is 0. The Balaban J connectivity index is 2.30. The molecular weight excluding hydrogens is 300 g/mol. The molecular formula is C16H19BrN2. The zero-order valence-corrected chi connectivity index (χ0v) is 12.9. The lowest BCUT2D eigenvalue weighted by molar-refractivity contribution is 0.777. The number of aryl methyl sites for hydroxylation is 2. The van der Waals surface area contributed by atoms with Crippen molar-refractivity contribution in [2.24, 2.45) is 5.73 Å². The normalized spacial score (nSPS) is 12.2. The molecule has 0 amide bonds. The first-order valence-electron chi connectivity index (χ1n) is 6.40. The van der Waals surface area contributed by atoms with E-state index in [0.717, 1.165) is 10.2 Å². The minimum absolute atomic E-state index is 0.135. The van der Waals surface area contributed by atoms with Crippen molar-refractivity contribution in [2.75, 3.05) is 11.9 Å². The molecule has 0 saturated carbocycles. The number of rotatable bonds is 4. The van der Waals surface area contributed by atoms with Crippen LogP contribution < -0.4 is 11.1 Å². The van der Waals surface area contributed by atoms with Gasteiger partial charge >= 0.3 is 0 Å². The van der Waals surface area contributed by atoms with Crippen LogP contribution in [-0.4, -0.2) is 6.54 Å². The van der Waals surface area contributed by atoms with Crippen molar-refractivity contribution >= 4 is 21.6 Å². The molecule has 0 aliphatic heterocycles. The number of hydrogen-bond acceptors (Lipinski definition) is 2. The van der Waals surface area contributed by atoms with Gasteiger partial charge in [0.2, 0.25) is 0 Å². The maximum absolute atomic E-state index is 5.95. The summed E-state index contributed by atoms with van der Waals surface area (Å²) in [6.45, 7) is 4.83. The Bertz CT molecular complexity index is 546. The van der Waals surface area contributed by atoms with Crippen molar-refractivity contribution in [3.8, 4) is 0 Å². The highest BCUT2D eigenvalue weighted by atomic mass is 79.9. The molecule has 0 aromatic heterocycles. The number of nitrogens with two attached hydrogens (primary N) is 1. The SMILES string of the molecule is Cc1cccc(C)c1C(CN)Nc1cccc(Br)c1. The molecule has 3 N–H and O–H groups in total. The van der Waals surface area contributed by atoms with Gasteiger partial charge in [0.25, 0.3) is 0 Å². The highest BCUT2D eigenvalue weighted by Gasteiger charge is 2.14. The van der Waals surface area contributed by atoms with E-state index in [4.69, 9.17) is 5.73 Å². The molecule has 0 aliphatic carbocycles. The van der Waals surface area contributed by atoms with Gasteiger partial charge in [-0.25, -0.2) is 0 Å². The van der Waals surface area contributed by atoms with Crippen molar-refractivity contribution in [3.05, 3.63) is 63.6 Å². The Morgan fingerprint density at radius 1 is 1.11 bits per heavy atom. The molecule has 2 aromatic carbocycles. The van der Waals surface area contributed by atoms with E-state index in [1.165, 1.54) is 16.7 Å². The maximum atomic E-state index is 5.95. The fourth-order valence-electron chi connectivity index (χ4n) is 2.41. The van der Waals surface area contributed by atoms with Crippen LogP contribution in [0.25, 0.3) is 0 Å². The second kappa shape index (κ2) is 6.22. The predicted octanol–water partition coefficient (Wildman–Crippen LogP) is 4.18. The van der Waals surface area contributed by atoms with Crippen LogP contribution in [0.4, 0.5) is 5.69 Å². The molecule has 1 atom stereocenters. The number of nitrogens with one attached hydrogen (secondary N) is 1. The molecule has 0 fully saturated rings. The van der Waals surface area contributed by atoms with Crippen LogP contribution in [0.15, 0.2) is 46.9 Å². The molecule has 0 heterocycles. The lowest BCUT2D eigenvalue weighted by Crippen LogP contribution is -2.22. The summed E-state index contributed by atoms with van der Waals surface area (Å²) in [4.78, 5) is 0. The second-order valence-corrected chi connectivity index (χ2v) is 5.66. The zero-order valence-electron chi connectivity index (χ0n) is 11.3. The van der Waals surface area contributed by atoms with Crippen LogP contribution >= 0.6 is 15.9 Å². The van der Waals surface area contributed by atoms with Gasteiger partial charge in [-0.05, 0) is 48.7 Å². The van der Waals surface area contributed by atoms with Gasteiger partial charge in [-0.3, -0.25) is 0 Å². The van der Waals surface area contributed by atoms with E-state index < -0.39 is 0 Å². The van der Waals surface area contributed by atoms with Gasteiger partial charge in [-0.1, -0.05) is 40.2 Å². The molecule has 3 heteroatoms. The third kappa shape index (κ3) is 3.37. The predicted molar refractivity (Wildman–Crippen MR) is 85.5 cm³/mol. The van der Waals surface area contributed by atoms with Gasteiger partial charge in [0.15, 0.2) is 0 Å². The highest BCUT2D eigenvalue weighted by Crippen LogP contribution is 2.26. The molecule has 2 aromatic rings. The van der Waals surface area contributed by atoms with Gasteiger partial charge in [0.1, 0.15) is 0 Å². The quantitative estimate of drug-likeness (QED) is 0.887. The van der Waals surface area contributed by atoms with E-state index in [1.807, 2.05) is 12.1 Å². The van der Waals surface area contributed by atoms with Crippen LogP contribution in [-0.2, 0) is 0 Å². The van der Waals surface area contributed by atoms with Crippen molar-refractivity contribution < 1.29 is 0 Å². The molecule has 100 valence electrons. The smallest absolute Gasteiger partial charge is 0.0641 e. The Labute approximate surface area is 123 Å². The number of benzene rings is 2. The largest absolute Gasteiger partial charge is 0.377 e. The van der Waals surface area contributed by atoms with Crippen molar-refractivity contribution in [2.45, 2.75) is 19.9 Å². The molecule has 0 aliphatic rings. The monoisotopic (exact) mass is 318 g/mol. The molecule has 0 bridgehead atoms. The Morgan fingerprint density at radius 3 is 2.32 bits per heavy atom. The van der Waals surface area contributed by atoms with Gasteiger partial charge in [-0.15, -0.1) is 0 Å². The fraction of sp³-hybridized carbons (Fsp3) is 0.250. The first kappa shape index (κ1) is 14.1. The van der Waals surface area contributed by atoms with Gasteiger partial charge in [-0.2, -0.15) is 0 Å². The summed E-state index contributed by atoms with van der Waals surface area (Å²) in [5, 5.41) is 3.51. The molecule has 0 saturated heterocycles. The third-order valence-corrected chi connectivity index (χ3v) is 3.79. The molecule has 19 heavy (non-hydrogen) atoms. The van der Waals surface area contributed by atoms with Gasteiger partial charge in [0.05, 0.1) is 6.04 Å². The molecule has 2 rings (SSSR count). The summed E-state index contributed by atoms with van der Waals surface area (Å²) in [5.41, 5.74) is 10.9. The first-order chi connectivity index (χ1) is 9.11. The maximum Gasteiger partial charge on any atom is 0.0641 e. The zero-order chi connectivity index (χ0) is 13.8. The van der Waals surface area contributed by atoms with Crippen molar-refractivity contribution in [3.63, 3.8) is 0 Å². The standard InChI is InChI=1S/C16H19BrN2/c1-11-5-3-6-12(2)16(11)15(10-18)19-14-8-4-7-13(17)9-14/h3-9,15,19H,10,18H2,1-2H3. The number of anilines is 1. The molecule has 2 nitrogen and oxygen atoms in total. The highest BCUT2D eigenvalue weighted by molar-refractivity contribution is 9.10. The van der Waals surface area contributed by atoms with Crippen LogP contribution in [0.1, 0.15) is 22.7 Å². The lowest BCUT2D eigenvalue weighted by atomic mass is 9.96. The second-order valence-electron chi connectivity index (χ2n) is 4.75. The molecule has 0 spiro atoms. The summed E-state index contributed by atoms with van der Waals surface area (Å²) in [5.74, 6) is 0. The Hall–Kier alpha value is -1.32. The van der Waals surface area contributed by atoms with E-state index in [-0.39, 0.29) is 6.04 Å². The average molecular weight is 319 g/mol. The summed E-state index contributed by atoms with van der Waals surface area (Å²) in [6, 6.07) is 14.6. The van der Waals surface area contributed by atoms with Gasteiger partial charge in [0, 0.05) is 16.7 Å². The average Bonchev–Trinajstić information content (AvgIpc) is 2.37. The van der Waals surface area contributed by atoms with Crippen LogP contribution in [0.2, 0.25) is 0 Å². The van der Waals surface area contributed by atoms with Crippen LogP contribution in [0, 0.1) is 13.8 Å². The Morgan fingerprint density at radius 2 is 1.74 bits per heavy atom. The van der Waals surface area contributed by atoms with E-state index in [9.17, 15) is 0 Å². The Kier molecular flexibility index (Phi) is 4.61. The minimum atomic E-state index is 0.135. The topological polar surface area (TPSA) is 38.0 Å². The van der Waals surface area contributed by atoms with E-state index in [2.05, 4.69) is 65.4 Å². The van der Waals surface area contributed by atoms with Crippen molar-refractivity contribution in [1.29, 1.82) is 0 Å². The molecule has 1 unspecified atom stereocenters. The van der Waals surface area contributed by atoms with Crippen LogP contribution in [0.3, 0.4) is 0 Å². The summed E-state index contributed by atoms with van der Waals surface area (Å²) in [6.07, 6.45) is 0. The van der Waals surface area contributed by atoms with Crippen LogP contribution in [0.5, 0.6) is 0 Å². The van der Waals surface area contributed by atoms with E-state index >= 15 is 0 Å². The summed E-state index contributed by atoms with van der Waals surface area (Å²) >= 11 is 3.49. The first-order valence-corrected chi connectivity index (χ1v) is 7.19. The number of halogens is 1. The van der Waals surface area contributed by atoms with Gasteiger partial charge < -0.3 is 11.1 Å². The third-order valence-electron chi connectivity index (χ3n) is 3.29. The lowest BCUT2D eigenvalue weighted by Gasteiger charge is -2.22. The van der Waals surface area contributed by atoms with E-state index in [1.54, 1.807) is 0 Å². The fourth-order valence-corrected chi connectivity index (χ4v) is 2.80. The number of hydrogen-bond donors (Lipinski definition) is 2. The summed E-state index contributed by atoms with van der Waals surface area (Å²) < 4.78 is 1.06.